The normalized spacial score (nSPS) is 12.4. The van der Waals surface area contributed by atoms with Crippen molar-refractivity contribution in [2.45, 2.75) is 19.5 Å². The predicted octanol–water partition coefficient (Wildman–Crippen LogP) is 3.16. The Bertz CT molecular complexity index is 1000. The van der Waals surface area contributed by atoms with Crippen LogP contribution in [0.2, 0.25) is 0 Å². The summed E-state index contributed by atoms with van der Waals surface area (Å²) in [5.74, 6) is 1.01. The Balaban J connectivity index is 1.43. The Labute approximate surface area is 143 Å². The van der Waals surface area contributed by atoms with Gasteiger partial charge in [-0.15, -0.1) is 0 Å². The molecule has 4 aromatic rings. The summed E-state index contributed by atoms with van der Waals surface area (Å²) in [4.78, 5) is 16.8. The maximum atomic E-state index is 12.5. The van der Waals surface area contributed by atoms with E-state index in [1.54, 1.807) is 30.8 Å². The first-order chi connectivity index (χ1) is 12.2. The zero-order valence-corrected chi connectivity index (χ0v) is 13.5. The molecule has 7 heteroatoms. The quantitative estimate of drug-likeness (QED) is 0.605. The number of nitrogens with zero attached hydrogens (tertiary/aromatic N) is 3. The Kier molecular flexibility index (Phi) is 3.81. The van der Waals surface area contributed by atoms with Gasteiger partial charge in [-0.05, 0) is 31.2 Å². The van der Waals surface area contributed by atoms with E-state index in [-0.39, 0.29) is 18.5 Å². The number of nitrogens with one attached hydrogen (secondary N) is 1. The molecule has 3 heterocycles. The largest absolute Gasteiger partial charge is 0.461 e. The van der Waals surface area contributed by atoms with Gasteiger partial charge >= 0.3 is 0 Å². The number of benzene rings is 1. The number of aromatic nitrogens is 3. The molecule has 4 rings (SSSR count). The van der Waals surface area contributed by atoms with E-state index in [4.69, 9.17) is 8.94 Å². The molecule has 3 aromatic heterocycles. The highest BCUT2D eigenvalue weighted by Crippen LogP contribution is 2.21. The van der Waals surface area contributed by atoms with E-state index in [2.05, 4.69) is 15.5 Å². The Hall–Kier alpha value is -3.35. The molecule has 1 amide bonds. The highest BCUT2D eigenvalue weighted by Gasteiger charge is 2.17. The van der Waals surface area contributed by atoms with E-state index in [0.29, 0.717) is 17.2 Å². The second-order valence-electron chi connectivity index (χ2n) is 5.69. The van der Waals surface area contributed by atoms with Crippen LogP contribution in [0.1, 0.15) is 18.7 Å². The monoisotopic (exact) mass is 336 g/mol. The average molecular weight is 336 g/mol. The molecule has 1 atom stereocenters. The molecular formula is C18H16N4O3. The summed E-state index contributed by atoms with van der Waals surface area (Å²) in [6.45, 7) is 2.11. The third-order valence-corrected chi connectivity index (χ3v) is 4.04. The van der Waals surface area contributed by atoms with Crippen LogP contribution in [0.4, 0.5) is 0 Å². The maximum absolute atomic E-state index is 12.5. The molecule has 7 nitrogen and oxygen atoms in total. The number of hydrogen-bond acceptors (Lipinski definition) is 5. The first-order valence-electron chi connectivity index (χ1n) is 7.91. The Morgan fingerprint density at radius 2 is 2.12 bits per heavy atom. The summed E-state index contributed by atoms with van der Waals surface area (Å²) in [5, 5.41) is 6.82. The van der Waals surface area contributed by atoms with Gasteiger partial charge in [-0.25, -0.2) is 4.98 Å². The molecule has 0 spiro atoms. The molecule has 1 N–H and O–H groups in total. The van der Waals surface area contributed by atoms with Gasteiger partial charge in [-0.1, -0.05) is 17.3 Å². The van der Waals surface area contributed by atoms with Gasteiger partial charge in [0.2, 0.25) is 11.7 Å². The highest BCUT2D eigenvalue weighted by molar-refractivity contribution is 5.83. The van der Waals surface area contributed by atoms with Gasteiger partial charge in [0.15, 0.2) is 5.76 Å². The number of hydrogen-bond donors (Lipinski definition) is 1. The molecule has 0 aliphatic rings. The van der Waals surface area contributed by atoms with Crippen molar-refractivity contribution in [2.24, 2.45) is 0 Å². The smallest absolute Gasteiger partial charge is 0.243 e. The molecule has 1 aromatic carbocycles. The van der Waals surface area contributed by atoms with Crippen molar-refractivity contribution in [2.75, 3.05) is 0 Å². The molecule has 126 valence electrons. The fourth-order valence-corrected chi connectivity index (χ4v) is 2.67. The van der Waals surface area contributed by atoms with Crippen molar-refractivity contribution >= 4 is 16.9 Å². The van der Waals surface area contributed by atoms with Crippen LogP contribution in [0, 0.1) is 0 Å². The van der Waals surface area contributed by atoms with Crippen molar-refractivity contribution in [3.05, 3.63) is 60.7 Å². The first-order valence-corrected chi connectivity index (χ1v) is 7.91. The van der Waals surface area contributed by atoms with E-state index in [0.717, 1.165) is 11.0 Å². The van der Waals surface area contributed by atoms with Crippen LogP contribution in [0.15, 0.2) is 64.0 Å². The zero-order chi connectivity index (χ0) is 17.2. The molecule has 0 fully saturated rings. The summed E-state index contributed by atoms with van der Waals surface area (Å²) in [7, 11) is 0. The fourth-order valence-electron chi connectivity index (χ4n) is 2.67. The van der Waals surface area contributed by atoms with Crippen LogP contribution in [-0.2, 0) is 11.3 Å². The molecule has 0 bridgehead atoms. The molecule has 25 heavy (non-hydrogen) atoms. The van der Waals surface area contributed by atoms with Gasteiger partial charge in [-0.2, -0.15) is 0 Å². The van der Waals surface area contributed by atoms with E-state index < -0.39 is 0 Å². The van der Waals surface area contributed by atoms with Crippen LogP contribution >= 0.6 is 0 Å². The zero-order valence-electron chi connectivity index (χ0n) is 13.5. The SMILES string of the molecule is CC(C(=O)NCc1cc(-c2ccco2)on1)n1cnc2ccccc21. The van der Waals surface area contributed by atoms with E-state index >= 15 is 0 Å². The van der Waals surface area contributed by atoms with Crippen molar-refractivity contribution in [3.63, 3.8) is 0 Å². The van der Waals surface area contributed by atoms with E-state index in [1.807, 2.05) is 35.8 Å². The predicted molar refractivity (Wildman–Crippen MR) is 90.5 cm³/mol. The van der Waals surface area contributed by atoms with Gasteiger partial charge in [0.05, 0.1) is 30.2 Å². The number of imidazole rings is 1. The van der Waals surface area contributed by atoms with Crippen molar-refractivity contribution in [3.8, 4) is 11.5 Å². The fraction of sp³-hybridized carbons (Fsp3) is 0.167. The summed E-state index contributed by atoms with van der Waals surface area (Å²) in [6, 6.07) is 12.6. The number of carbonyl (C=O) groups excluding carboxylic acids is 1. The van der Waals surface area contributed by atoms with Gasteiger partial charge in [-0.3, -0.25) is 4.79 Å². The lowest BCUT2D eigenvalue weighted by Crippen LogP contribution is -2.30. The first kappa shape index (κ1) is 15.2. The van der Waals surface area contributed by atoms with Crippen molar-refractivity contribution < 1.29 is 13.7 Å². The highest BCUT2D eigenvalue weighted by atomic mass is 16.5. The second kappa shape index (κ2) is 6.27. The number of amides is 1. The van der Waals surface area contributed by atoms with E-state index in [1.165, 1.54) is 0 Å². The van der Waals surface area contributed by atoms with Crippen LogP contribution < -0.4 is 5.32 Å². The van der Waals surface area contributed by atoms with Gasteiger partial charge in [0, 0.05) is 6.07 Å². The van der Waals surface area contributed by atoms with Crippen LogP contribution in [0.3, 0.4) is 0 Å². The average Bonchev–Trinajstić information content (AvgIpc) is 3.38. The minimum Gasteiger partial charge on any atom is -0.461 e. The lowest BCUT2D eigenvalue weighted by atomic mass is 10.2. The number of furan rings is 1. The number of para-hydroxylation sites is 2. The van der Waals surface area contributed by atoms with Gasteiger partial charge in [0.25, 0.3) is 0 Å². The second-order valence-corrected chi connectivity index (χ2v) is 5.69. The molecule has 0 aliphatic carbocycles. The van der Waals surface area contributed by atoms with Crippen LogP contribution in [-0.4, -0.2) is 20.6 Å². The minimum atomic E-state index is -0.385. The molecule has 0 radical (unpaired) electrons. The number of carbonyl (C=O) groups is 1. The topological polar surface area (TPSA) is 86.1 Å². The van der Waals surface area contributed by atoms with Crippen molar-refractivity contribution in [1.82, 2.24) is 20.0 Å². The van der Waals surface area contributed by atoms with Crippen molar-refractivity contribution in [1.29, 1.82) is 0 Å². The lowest BCUT2D eigenvalue weighted by Gasteiger charge is -2.13. The minimum absolute atomic E-state index is 0.120. The molecule has 0 saturated heterocycles. The third kappa shape index (κ3) is 2.91. The van der Waals surface area contributed by atoms with Gasteiger partial charge in [0.1, 0.15) is 11.7 Å². The summed E-state index contributed by atoms with van der Waals surface area (Å²) < 4.78 is 12.3. The molecular weight excluding hydrogens is 320 g/mol. The summed E-state index contributed by atoms with van der Waals surface area (Å²) in [5.41, 5.74) is 2.41. The third-order valence-electron chi connectivity index (χ3n) is 4.04. The lowest BCUT2D eigenvalue weighted by molar-refractivity contribution is -0.124. The maximum Gasteiger partial charge on any atom is 0.243 e. The number of fused-ring (bicyclic) bond motifs is 1. The molecule has 0 saturated carbocycles. The molecule has 1 unspecified atom stereocenters. The number of rotatable bonds is 5. The van der Waals surface area contributed by atoms with Crippen LogP contribution in [0.25, 0.3) is 22.6 Å². The van der Waals surface area contributed by atoms with E-state index in [9.17, 15) is 4.79 Å². The molecule has 0 aliphatic heterocycles. The summed E-state index contributed by atoms with van der Waals surface area (Å²) >= 11 is 0. The summed E-state index contributed by atoms with van der Waals surface area (Å²) in [6.07, 6.45) is 3.25. The standard InChI is InChI=1S/C18H16N4O3/c1-12(22-11-20-14-5-2-3-6-15(14)22)18(23)19-10-13-9-17(25-21-13)16-7-4-8-24-16/h2-9,11-12H,10H2,1H3,(H,19,23). The Morgan fingerprint density at radius 1 is 1.24 bits per heavy atom. The Morgan fingerprint density at radius 3 is 2.96 bits per heavy atom. The van der Waals surface area contributed by atoms with Gasteiger partial charge < -0.3 is 18.8 Å². The van der Waals surface area contributed by atoms with Crippen LogP contribution in [0.5, 0.6) is 0 Å².